The van der Waals surface area contributed by atoms with Gasteiger partial charge >= 0.3 is 91.5 Å². The van der Waals surface area contributed by atoms with Crippen molar-refractivity contribution in [2.45, 2.75) is 0 Å². The predicted molar refractivity (Wildman–Crippen MR) is 31.3 cm³/mol. The van der Waals surface area contributed by atoms with Crippen LogP contribution in [0, 0.1) is 0 Å². The summed E-state index contributed by atoms with van der Waals surface area (Å²) in [7, 11) is -9.28. The first-order valence-corrected chi connectivity index (χ1v) is 12.9. The normalized spacial score (nSPS) is 8.84. The summed E-state index contributed by atoms with van der Waals surface area (Å²) in [6.07, 6.45) is 0. The zero-order valence-corrected chi connectivity index (χ0v) is 19.0. The van der Waals surface area contributed by atoms with E-state index in [1.165, 1.54) is 0 Å². The van der Waals surface area contributed by atoms with Gasteiger partial charge in [0.1, 0.15) is 0 Å². The molecule has 0 aliphatic heterocycles. The fraction of sp³-hybridized carbons (Fsp3) is 0. The Morgan fingerprint density at radius 1 is 0.632 bits per heavy atom. The van der Waals surface area contributed by atoms with Crippen LogP contribution >= 0.6 is 15.6 Å². The van der Waals surface area contributed by atoms with Crippen LogP contribution in [0.3, 0.4) is 0 Å². The van der Waals surface area contributed by atoms with Gasteiger partial charge in [-0.3, -0.25) is 0 Å². The quantitative estimate of drug-likeness (QED) is 0.101. The molecular weight excluding hydrogens is 719 g/mol. The Morgan fingerprint density at radius 3 is 0.632 bits per heavy atom. The van der Waals surface area contributed by atoms with Crippen LogP contribution in [0.25, 0.3) is 0 Å². The van der Waals surface area contributed by atoms with Crippen molar-refractivity contribution in [1.29, 1.82) is 0 Å². The molecule has 0 amide bonds. The van der Waals surface area contributed by atoms with Crippen molar-refractivity contribution in [2.24, 2.45) is 0 Å². The monoisotopic (exact) mass is 724 g/mol. The Balaban J connectivity index is -0.0000000453. The summed E-state index contributed by atoms with van der Waals surface area (Å²) < 4.78 is 69.4. The molecule has 0 spiro atoms. The molecule has 0 atom stereocenters. The third-order valence-corrected chi connectivity index (χ3v) is 0. The average Bonchev–Trinajstić information content (AvgIpc) is 1.70. The summed E-state index contributed by atoms with van der Waals surface area (Å²) in [5.41, 5.74) is 0. The van der Waals surface area contributed by atoms with Crippen LogP contribution in [0.2, 0.25) is 0 Å². The van der Waals surface area contributed by atoms with Crippen LogP contribution < -0.4 is 7.52 Å². The van der Waals surface area contributed by atoms with E-state index in [4.69, 9.17) is 59.6 Å². The minimum atomic E-state index is -4.64. The largest absolute Gasteiger partial charge is 2.00 e. The molecule has 0 aromatic heterocycles. The second-order valence-corrected chi connectivity index (χ2v) is 6.42. The summed E-state index contributed by atoms with van der Waals surface area (Å²) in [6.45, 7) is 0. The maximum atomic E-state index is 8.88. The topological polar surface area (TPSA) is 270 Å². The van der Waals surface area contributed by atoms with Crippen molar-refractivity contribution in [1.82, 2.24) is 0 Å². The van der Waals surface area contributed by atoms with Gasteiger partial charge in [-0.2, -0.15) is 0 Å². The van der Waals surface area contributed by atoms with E-state index in [9.17, 15) is 0 Å². The van der Waals surface area contributed by atoms with Crippen molar-refractivity contribution < 1.29 is 114 Å². The van der Waals surface area contributed by atoms with Crippen molar-refractivity contribution in [3.63, 3.8) is 0 Å². The van der Waals surface area contributed by atoms with E-state index in [1.54, 1.807) is 0 Å². The number of hydrogen-bond donors (Lipinski definition) is 6. The van der Waals surface area contributed by atoms with E-state index in [0.717, 1.165) is 0 Å². The Bertz CT molecular complexity index is 333. The minimum Gasteiger partial charge on any atom is 2.00 e. The molecular formula is H6O14P2W2Zn. The molecule has 0 unspecified atom stereocenters. The maximum Gasteiger partial charge on any atom is 2.00 e. The van der Waals surface area contributed by atoms with Gasteiger partial charge in [-0.05, 0) is 0 Å². The first kappa shape index (κ1) is 32.3. The fourth-order valence-corrected chi connectivity index (χ4v) is 0. The predicted octanol–water partition coefficient (Wildman–Crippen LogP) is -4.72. The standard InChI is InChI=1S/2H3O4P.6O.2W.Zn/c2*1-5(2,3)4;;;;;;;;;/h2*(H3,1,2,3,4);;;;;;;;;/q;;;;;;2*-1;;;+2. The van der Waals surface area contributed by atoms with Crippen LogP contribution in [0.1, 0.15) is 0 Å². The van der Waals surface area contributed by atoms with Crippen molar-refractivity contribution in [3.8, 4) is 0 Å². The molecule has 19 heteroatoms. The van der Waals surface area contributed by atoms with E-state index >= 15 is 0 Å². The van der Waals surface area contributed by atoms with Gasteiger partial charge in [0.2, 0.25) is 0 Å². The molecule has 0 saturated carbocycles. The van der Waals surface area contributed by atoms with Crippen molar-refractivity contribution in [3.05, 3.63) is 0 Å². The summed E-state index contributed by atoms with van der Waals surface area (Å²) in [5.74, 6) is 0. The molecule has 0 heterocycles. The average molecular weight is 725 g/mol. The second kappa shape index (κ2) is 17.4. The third-order valence-electron chi connectivity index (χ3n) is 0. The summed E-state index contributed by atoms with van der Waals surface area (Å²) in [5, 5.41) is 0. The van der Waals surface area contributed by atoms with E-state index in [1.807, 2.05) is 0 Å². The Labute approximate surface area is 129 Å². The van der Waals surface area contributed by atoms with Crippen LogP contribution in [-0.2, 0) is 77.4 Å². The Morgan fingerprint density at radius 2 is 0.632 bits per heavy atom. The molecule has 0 aliphatic carbocycles. The van der Waals surface area contributed by atoms with Gasteiger partial charge < -0.3 is 29.4 Å². The zero-order valence-electron chi connectivity index (χ0n) is 8.37. The minimum absolute atomic E-state index is 0. The molecule has 0 rings (SSSR count). The molecule has 0 radical (unpaired) electrons. The van der Waals surface area contributed by atoms with Gasteiger partial charge in [0, 0.05) is 0 Å². The number of phosphoric acid groups is 2. The molecule has 0 bridgehead atoms. The van der Waals surface area contributed by atoms with Crippen LogP contribution in [0.15, 0.2) is 0 Å². The molecule has 0 saturated heterocycles. The van der Waals surface area contributed by atoms with Crippen molar-refractivity contribution in [2.75, 3.05) is 0 Å². The summed E-state index contributed by atoms with van der Waals surface area (Å²) in [6, 6.07) is 0. The van der Waals surface area contributed by atoms with Crippen LogP contribution in [0.4, 0.5) is 0 Å². The third kappa shape index (κ3) is 3240. The second-order valence-electron chi connectivity index (χ2n) is 1.43. The van der Waals surface area contributed by atoms with Crippen LogP contribution in [0.5, 0.6) is 0 Å². The molecule has 0 fully saturated rings. The number of hydrogen-bond acceptors (Lipinski definition) is 8. The molecule has 114 valence electrons. The molecule has 0 aromatic rings. The van der Waals surface area contributed by atoms with Gasteiger partial charge in [0.15, 0.2) is 0 Å². The Kier molecular flexibility index (Phi) is 29.6. The maximum absolute atomic E-state index is 8.88. The molecule has 19 heavy (non-hydrogen) atoms. The molecule has 0 aliphatic rings. The van der Waals surface area contributed by atoms with E-state index in [2.05, 4.69) is 0 Å². The summed E-state index contributed by atoms with van der Waals surface area (Å²) >= 11 is -8.56. The van der Waals surface area contributed by atoms with E-state index < -0.39 is 50.9 Å². The van der Waals surface area contributed by atoms with Crippen molar-refractivity contribution >= 4 is 15.6 Å². The summed E-state index contributed by atoms with van der Waals surface area (Å²) in [4.78, 5) is 43.1. The van der Waals surface area contributed by atoms with Crippen LogP contribution in [-0.4, -0.2) is 29.4 Å². The fourth-order valence-electron chi connectivity index (χ4n) is 0. The number of rotatable bonds is 0. The zero-order chi connectivity index (χ0) is 16.2. The van der Waals surface area contributed by atoms with Gasteiger partial charge in [-0.15, -0.1) is 0 Å². The molecule has 14 nitrogen and oxygen atoms in total. The SMILES string of the molecule is O=P(O)(O)O.O=P(O)(O)O.[O]=[W](=[O])[O-].[O]=[W](=[O])[O-].[Zn+2]. The van der Waals surface area contributed by atoms with E-state index in [0.29, 0.717) is 0 Å². The van der Waals surface area contributed by atoms with Gasteiger partial charge in [0.25, 0.3) is 0 Å². The molecule has 0 aromatic carbocycles. The first-order chi connectivity index (χ1) is 7.46. The van der Waals surface area contributed by atoms with Gasteiger partial charge in [-0.1, -0.05) is 0 Å². The van der Waals surface area contributed by atoms with E-state index in [-0.39, 0.29) is 19.5 Å². The van der Waals surface area contributed by atoms with Gasteiger partial charge in [0.05, 0.1) is 0 Å². The van der Waals surface area contributed by atoms with Gasteiger partial charge in [-0.25, -0.2) is 9.13 Å². The Hall–Kier alpha value is 1.34. The molecule has 6 N–H and O–H groups in total. The smallest absolute Gasteiger partial charge is 2.00 e. The first-order valence-electron chi connectivity index (χ1n) is 2.57.